The van der Waals surface area contributed by atoms with Crippen LogP contribution in [0.2, 0.25) is 0 Å². The molecular weight excluding hydrogens is 426 g/mol. The number of nitrogens with zero attached hydrogens (tertiary/aromatic N) is 1. The average molecular weight is 456 g/mol. The van der Waals surface area contributed by atoms with Crippen LogP contribution < -0.4 is 9.64 Å². The maximum Gasteiger partial charge on any atom is 0.172 e. The predicted octanol–water partition coefficient (Wildman–Crippen LogP) is 7.61. The second-order valence-electron chi connectivity index (χ2n) is 8.68. The van der Waals surface area contributed by atoms with E-state index >= 15 is 0 Å². The molecule has 0 bridgehead atoms. The average Bonchev–Trinajstić information content (AvgIpc) is 2.74. The van der Waals surface area contributed by atoms with Gasteiger partial charge in [-0.1, -0.05) is 24.3 Å². The normalized spacial score (nSPS) is 10.9. The number of phenols is 3. The Kier molecular flexibility index (Phi) is 6.12. The van der Waals surface area contributed by atoms with E-state index in [0.29, 0.717) is 11.5 Å². The maximum atomic E-state index is 10.5. The Morgan fingerprint density at radius 3 is 1.59 bits per heavy atom. The van der Waals surface area contributed by atoms with Crippen molar-refractivity contribution in [3.05, 3.63) is 94.5 Å². The minimum Gasteiger partial charge on any atom is -0.508 e. The highest BCUT2D eigenvalue weighted by atomic mass is 16.5. The van der Waals surface area contributed by atoms with E-state index in [1.54, 1.807) is 36.4 Å². The summed E-state index contributed by atoms with van der Waals surface area (Å²) in [6.45, 7) is 9.71. The lowest BCUT2D eigenvalue weighted by Crippen LogP contribution is -2.16. The van der Waals surface area contributed by atoms with Crippen LogP contribution in [-0.2, 0) is 0 Å². The van der Waals surface area contributed by atoms with Crippen molar-refractivity contribution in [1.29, 1.82) is 0 Å². The molecule has 0 spiro atoms. The van der Waals surface area contributed by atoms with Crippen molar-refractivity contribution >= 4 is 17.1 Å². The smallest absolute Gasteiger partial charge is 0.172 e. The fourth-order valence-corrected chi connectivity index (χ4v) is 4.53. The fourth-order valence-electron chi connectivity index (χ4n) is 4.53. The first-order valence-corrected chi connectivity index (χ1v) is 11.1. The summed E-state index contributed by atoms with van der Waals surface area (Å²) in [6, 6.07) is 19.8. The van der Waals surface area contributed by atoms with Gasteiger partial charge >= 0.3 is 0 Å². The molecule has 4 aromatic rings. The van der Waals surface area contributed by atoms with Crippen LogP contribution in [0.3, 0.4) is 0 Å². The van der Waals surface area contributed by atoms with Crippen LogP contribution in [-0.4, -0.2) is 15.3 Å². The van der Waals surface area contributed by atoms with Gasteiger partial charge in [0.15, 0.2) is 17.2 Å². The lowest BCUT2D eigenvalue weighted by atomic mass is 10.0. The first-order valence-electron chi connectivity index (χ1n) is 11.1. The molecule has 3 N–H and O–H groups in total. The van der Waals surface area contributed by atoms with E-state index in [-0.39, 0.29) is 17.2 Å². The van der Waals surface area contributed by atoms with E-state index in [2.05, 4.69) is 4.90 Å². The van der Waals surface area contributed by atoms with Gasteiger partial charge in [-0.2, -0.15) is 0 Å². The van der Waals surface area contributed by atoms with E-state index in [4.69, 9.17) is 4.74 Å². The van der Waals surface area contributed by atoms with Gasteiger partial charge in [0.2, 0.25) is 0 Å². The second-order valence-corrected chi connectivity index (χ2v) is 8.68. The van der Waals surface area contributed by atoms with Crippen LogP contribution in [0.4, 0.5) is 17.1 Å². The SMILES string of the molecule is Cc1cccc(O)c1Oc1ccccc1N(c1c(C)cc(O)cc1C)c1c(C)cc(O)cc1C. The first-order chi connectivity index (χ1) is 16.2. The van der Waals surface area contributed by atoms with Crippen molar-refractivity contribution in [2.45, 2.75) is 34.6 Å². The van der Waals surface area contributed by atoms with E-state index in [9.17, 15) is 15.3 Å². The third-order valence-corrected chi connectivity index (χ3v) is 5.91. The molecule has 0 saturated carbocycles. The van der Waals surface area contributed by atoms with Crippen molar-refractivity contribution in [2.24, 2.45) is 0 Å². The summed E-state index contributed by atoms with van der Waals surface area (Å²) in [6.07, 6.45) is 0. The summed E-state index contributed by atoms with van der Waals surface area (Å²) >= 11 is 0. The largest absolute Gasteiger partial charge is 0.508 e. The molecule has 0 saturated heterocycles. The Bertz CT molecular complexity index is 1250. The molecule has 0 fully saturated rings. The van der Waals surface area contributed by atoms with Gasteiger partial charge in [-0.25, -0.2) is 0 Å². The molecule has 0 heterocycles. The van der Waals surface area contributed by atoms with Crippen molar-refractivity contribution < 1.29 is 20.1 Å². The first kappa shape index (κ1) is 23.1. The third-order valence-electron chi connectivity index (χ3n) is 5.91. The molecule has 0 aliphatic rings. The summed E-state index contributed by atoms with van der Waals surface area (Å²) in [7, 11) is 0. The Balaban J connectivity index is 2.01. The number of para-hydroxylation sites is 3. The molecule has 4 aromatic carbocycles. The second kappa shape index (κ2) is 9.02. The van der Waals surface area contributed by atoms with Crippen molar-refractivity contribution in [3.8, 4) is 28.7 Å². The van der Waals surface area contributed by atoms with Crippen molar-refractivity contribution in [1.82, 2.24) is 0 Å². The zero-order chi connectivity index (χ0) is 24.6. The number of anilines is 3. The predicted molar refractivity (Wildman–Crippen MR) is 136 cm³/mol. The number of aromatic hydroxyl groups is 3. The zero-order valence-electron chi connectivity index (χ0n) is 20.0. The van der Waals surface area contributed by atoms with Crippen molar-refractivity contribution in [3.63, 3.8) is 0 Å². The highest BCUT2D eigenvalue weighted by Gasteiger charge is 2.25. The van der Waals surface area contributed by atoms with Crippen LogP contribution in [0.1, 0.15) is 27.8 Å². The molecule has 0 aliphatic heterocycles. The van der Waals surface area contributed by atoms with Gasteiger partial charge in [-0.15, -0.1) is 0 Å². The molecule has 34 heavy (non-hydrogen) atoms. The number of benzene rings is 4. The quantitative estimate of drug-likeness (QED) is 0.289. The van der Waals surface area contributed by atoms with Crippen LogP contribution in [0.5, 0.6) is 28.7 Å². The summed E-state index contributed by atoms with van der Waals surface area (Å²) < 4.78 is 6.31. The molecule has 174 valence electrons. The van der Waals surface area contributed by atoms with E-state index in [1.807, 2.05) is 65.0 Å². The Labute approximate surface area is 200 Å². The molecule has 0 unspecified atom stereocenters. The summed E-state index contributed by atoms with van der Waals surface area (Å²) in [5.41, 5.74) is 6.93. The standard InChI is InChI=1S/C29H29NO4/c1-17-9-8-11-25(33)29(17)34-26-12-7-6-10-24(26)30(27-18(2)13-22(31)14-19(27)3)28-20(4)15-23(32)16-21(28)5/h6-16,31-33H,1-5H3. The zero-order valence-corrected chi connectivity index (χ0v) is 20.0. The van der Waals surface area contributed by atoms with Gasteiger partial charge in [-0.05, 0) is 105 Å². The lowest BCUT2D eigenvalue weighted by Gasteiger charge is -2.32. The fraction of sp³-hybridized carbons (Fsp3) is 0.172. The van der Waals surface area contributed by atoms with Crippen LogP contribution >= 0.6 is 0 Å². The van der Waals surface area contributed by atoms with Crippen molar-refractivity contribution in [2.75, 3.05) is 4.90 Å². The highest BCUT2D eigenvalue weighted by Crippen LogP contribution is 2.48. The molecule has 0 aliphatic carbocycles. The van der Waals surface area contributed by atoms with Gasteiger partial charge in [0.1, 0.15) is 11.5 Å². The number of phenolic OH excluding ortho intramolecular Hbond substituents is 3. The minimum absolute atomic E-state index is 0.0651. The van der Waals surface area contributed by atoms with Gasteiger partial charge in [0.25, 0.3) is 0 Å². The third kappa shape index (κ3) is 4.25. The van der Waals surface area contributed by atoms with Gasteiger partial charge in [-0.3, -0.25) is 0 Å². The van der Waals surface area contributed by atoms with Crippen LogP contribution in [0, 0.1) is 34.6 Å². The minimum atomic E-state index is 0.0651. The van der Waals surface area contributed by atoms with E-state index in [0.717, 1.165) is 44.9 Å². The maximum absolute atomic E-state index is 10.5. The molecule has 5 heteroatoms. The van der Waals surface area contributed by atoms with Gasteiger partial charge in [0, 0.05) is 0 Å². The number of hydrogen-bond donors (Lipinski definition) is 3. The van der Waals surface area contributed by atoms with Crippen LogP contribution in [0.15, 0.2) is 66.7 Å². The van der Waals surface area contributed by atoms with Gasteiger partial charge < -0.3 is 25.0 Å². The molecule has 0 amide bonds. The Hall–Kier alpha value is -4.12. The Morgan fingerprint density at radius 1 is 0.588 bits per heavy atom. The topological polar surface area (TPSA) is 73.2 Å². The molecule has 4 rings (SSSR count). The summed E-state index contributed by atoms with van der Waals surface area (Å²) in [5.74, 6) is 1.42. The number of aryl methyl sites for hydroxylation is 5. The van der Waals surface area contributed by atoms with E-state index < -0.39 is 0 Å². The number of rotatable bonds is 5. The number of ether oxygens (including phenoxy) is 1. The summed E-state index contributed by atoms with van der Waals surface area (Å²) in [4.78, 5) is 2.10. The molecule has 0 atom stereocenters. The lowest BCUT2D eigenvalue weighted by molar-refractivity contribution is 0.409. The van der Waals surface area contributed by atoms with Gasteiger partial charge in [0.05, 0.1) is 17.1 Å². The Morgan fingerprint density at radius 2 is 1.09 bits per heavy atom. The molecular formula is C29H29NO4. The number of hydrogen-bond acceptors (Lipinski definition) is 5. The summed E-state index contributed by atoms with van der Waals surface area (Å²) in [5, 5.41) is 30.8. The highest BCUT2D eigenvalue weighted by molar-refractivity contribution is 5.86. The van der Waals surface area contributed by atoms with Crippen LogP contribution in [0.25, 0.3) is 0 Å². The molecule has 0 aromatic heterocycles. The monoisotopic (exact) mass is 455 g/mol. The molecule has 5 nitrogen and oxygen atoms in total. The molecule has 0 radical (unpaired) electrons. The van der Waals surface area contributed by atoms with E-state index in [1.165, 1.54) is 0 Å².